The zero-order valence-corrected chi connectivity index (χ0v) is 12.4. The van der Waals surface area contributed by atoms with Crippen molar-refractivity contribution in [1.82, 2.24) is 4.31 Å². The fraction of sp³-hybridized carbons (Fsp3) is 0.538. The maximum atomic E-state index is 12.7. The highest BCUT2D eigenvalue weighted by Crippen LogP contribution is 2.33. The molecule has 112 valence electrons. The number of hydrogen-bond acceptors (Lipinski definition) is 5. The number of methoxy groups -OCH3 is 2. The molecule has 0 saturated carbocycles. The number of rotatable bonds is 5. The highest BCUT2D eigenvalue weighted by atomic mass is 32.2. The van der Waals surface area contributed by atoms with Gasteiger partial charge in [-0.05, 0) is 25.0 Å². The lowest BCUT2D eigenvalue weighted by Crippen LogP contribution is -2.37. The Morgan fingerprint density at radius 1 is 1.35 bits per heavy atom. The van der Waals surface area contributed by atoms with Crippen molar-refractivity contribution in [2.45, 2.75) is 23.8 Å². The van der Waals surface area contributed by atoms with Gasteiger partial charge in [-0.1, -0.05) is 0 Å². The quantitative estimate of drug-likeness (QED) is 0.872. The zero-order valence-electron chi connectivity index (χ0n) is 11.6. The van der Waals surface area contributed by atoms with Gasteiger partial charge in [0, 0.05) is 18.7 Å². The molecule has 1 saturated heterocycles. The first-order valence-corrected chi connectivity index (χ1v) is 7.83. The van der Waals surface area contributed by atoms with Gasteiger partial charge in [0.05, 0.1) is 20.8 Å². The molecule has 0 unspecified atom stereocenters. The molecule has 1 aromatic carbocycles. The number of nitrogens with zero attached hydrogens (tertiary/aromatic N) is 1. The first-order valence-electron chi connectivity index (χ1n) is 6.39. The van der Waals surface area contributed by atoms with Crippen LogP contribution in [0.15, 0.2) is 23.1 Å². The number of aliphatic hydroxyl groups is 1. The van der Waals surface area contributed by atoms with Crippen LogP contribution in [-0.2, 0) is 10.0 Å². The normalized spacial score (nSPS) is 20.1. The molecule has 1 aromatic rings. The van der Waals surface area contributed by atoms with Crippen LogP contribution in [0.4, 0.5) is 0 Å². The van der Waals surface area contributed by atoms with Crippen LogP contribution in [0.1, 0.15) is 12.8 Å². The largest absolute Gasteiger partial charge is 0.497 e. The molecule has 0 radical (unpaired) electrons. The van der Waals surface area contributed by atoms with E-state index in [9.17, 15) is 13.5 Å². The second-order valence-electron chi connectivity index (χ2n) is 4.61. The topological polar surface area (TPSA) is 76.1 Å². The minimum absolute atomic E-state index is 0.0692. The number of aliphatic hydroxyl groups excluding tert-OH is 1. The fourth-order valence-corrected chi connectivity index (χ4v) is 4.28. The van der Waals surface area contributed by atoms with Crippen LogP contribution >= 0.6 is 0 Å². The summed E-state index contributed by atoms with van der Waals surface area (Å²) in [5.74, 6) is 0.721. The number of benzene rings is 1. The summed E-state index contributed by atoms with van der Waals surface area (Å²) < 4.78 is 37.0. The molecule has 0 spiro atoms. The van der Waals surface area contributed by atoms with Crippen LogP contribution in [-0.4, -0.2) is 51.2 Å². The molecule has 7 heteroatoms. The van der Waals surface area contributed by atoms with Crippen molar-refractivity contribution in [1.29, 1.82) is 0 Å². The van der Waals surface area contributed by atoms with Gasteiger partial charge in [0.2, 0.25) is 10.0 Å². The Morgan fingerprint density at radius 2 is 2.10 bits per heavy atom. The molecular formula is C13H19NO5S. The molecule has 6 nitrogen and oxygen atoms in total. The highest BCUT2D eigenvalue weighted by Gasteiger charge is 2.36. The molecule has 0 amide bonds. The third kappa shape index (κ3) is 2.61. The van der Waals surface area contributed by atoms with Crippen molar-refractivity contribution < 1.29 is 23.0 Å². The average molecular weight is 301 g/mol. The van der Waals surface area contributed by atoms with Crippen molar-refractivity contribution in [3.05, 3.63) is 18.2 Å². The van der Waals surface area contributed by atoms with Gasteiger partial charge in [-0.3, -0.25) is 0 Å². The summed E-state index contributed by atoms with van der Waals surface area (Å²) in [5.41, 5.74) is 0. The van der Waals surface area contributed by atoms with E-state index in [0.717, 1.165) is 6.42 Å². The molecule has 1 fully saturated rings. The summed E-state index contributed by atoms with van der Waals surface area (Å²) in [7, 11) is -0.805. The third-order valence-corrected chi connectivity index (χ3v) is 5.46. The van der Waals surface area contributed by atoms with E-state index in [1.54, 1.807) is 12.1 Å². The van der Waals surface area contributed by atoms with E-state index < -0.39 is 10.0 Å². The van der Waals surface area contributed by atoms with Crippen molar-refractivity contribution in [3.63, 3.8) is 0 Å². The minimum Gasteiger partial charge on any atom is -0.497 e. The van der Waals surface area contributed by atoms with E-state index in [4.69, 9.17) is 9.47 Å². The molecule has 1 aliphatic heterocycles. The van der Waals surface area contributed by atoms with Crippen LogP contribution in [0.25, 0.3) is 0 Å². The van der Waals surface area contributed by atoms with Gasteiger partial charge >= 0.3 is 0 Å². The first-order chi connectivity index (χ1) is 9.54. The van der Waals surface area contributed by atoms with Gasteiger partial charge in [0.25, 0.3) is 0 Å². The minimum atomic E-state index is -3.71. The SMILES string of the molecule is COc1ccc(OC)c(S(=O)(=O)N2CCC[C@@H]2CO)c1. The molecule has 0 aliphatic carbocycles. The van der Waals surface area contributed by atoms with Gasteiger partial charge < -0.3 is 14.6 Å². The van der Waals surface area contributed by atoms with Crippen LogP contribution in [0.2, 0.25) is 0 Å². The van der Waals surface area contributed by atoms with Gasteiger partial charge in [0.1, 0.15) is 16.4 Å². The van der Waals surface area contributed by atoms with Crippen LogP contribution in [0.3, 0.4) is 0 Å². The molecule has 0 aromatic heterocycles. The smallest absolute Gasteiger partial charge is 0.247 e. The number of hydrogen-bond donors (Lipinski definition) is 1. The second kappa shape index (κ2) is 5.99. The van der Waals surface area contributed by atoms with Gasteiger partial charge in [0.15, 0.2) is 0 Å². The van der Waals surface area contributed by atoms with E-state index in [0.29, 0.717) is 18.7 Å². The number of ether oxygens (including phenoxy) is 2. The molecule has 1 aliphatic rings. The van der Waals surface area contributed by atoms with E-state index >= 15 is 0 Å². The number of sulfonamides is 1. The van der Waals surface area contributed by atoms with Crippen molar-refractivity contribution in [3.8, 4) is 11.5 Å². The predicted octanol–water partition coefficient (Wildman–Crippen LogP) is 0.849. The van der Waals surface area contributed by atoms with E-state index in [2.05, 4.69) is 0 Å². The Labute approximate surface area is 119 Å². The molecule has 1 atom stereocenters. The Balaban J connectivity index is 2.47. The molecule has 1 heterocycles. The molecule has 20 heavy (non-hydrogen) atoms. The summed E-state index contributed by atoms with van der Waals surface area (Å²) in [5, 5.41) is 9.31. The summed E-state index contributed by atoms with van der Waals surface area (Å²) in [4.78, 5) is 0.0692. The van der Waals surface area contributed by atoms with Crippen LogP contribution in [0.5, 0.6) is 11.5 Å². The maximum absolute atomic E-state index is 12.7. The van der Waals surface area contributed by atoms with Crippen molar-refractivity contribution in [2.75, 3.05) is 27.4 Å². The van der Waals surface area contributed by atoms with Gasteiger partial charge in [-0.2, -0.15) is 4.31 Å². The molecule has 0 bridgehead atoms. The predicted molar refractivity (Wildman–Crippen MR) is 73.5 cm³/mol. The fourth-order valence-electron chi connectivity index (χ4n) is 2.42. The second-order valence-corrected chi connectivity index (χ2v) is 6.47. The van der Waals surface area contributed by atoms with Crippen molar-refractivity contribution >= 4 is 10.0 Å². The molecule has 1 N–H and O–H groups in total. The summed E-state index contributed by atoms with van der Waals surface area (Å²) in [6.45, 7) is 0.236. The van der Waals surface area contributed by atoms with Gasteiger partial charge in [-0.15, -0.1) is 0 Å². The summed E-state index contributed by atoms with van der Waals surface area (Å²) in [6.07, 6.45) is 1.42. The maximum Gasteiger partial charge on any atom is 0.247 e. The van der Waals surface area contributed by atoms with E-state index in [-0.39, 0.29) is 23.3 Å². The summed E-state index contributed by atoms with van der Waals surface area (Å²) >= 11 is 0. The van der Waals surface area contributed by atoms with Crippen LogP contribution in [0, 0.1) is 0 Å². The third-order valence-electron chi connectivity index (χ3n) is 3.49. The van der Waals surface area contributed by atoms with E-state index in [1.807, 2.05) is 0 Å². The molecular weight excluding hydrogens is 282 g/mol. The summed E-state index contributed by atoms with van der Waals surface area (Å²) in [6, 6.07) is 4.29. The zero-order chi connectivity index (χ0) is 14.8. The monoisotopic (exact) mass is 301 g/mol. The Morgan fingerprint density at radius 3 is 2.70 bits per heavy atom. The lowest BCUT2D eigenvalue weighted by Gasteiger charge is -2.23. The van der Waals surface area contributed by atoms with E-state index in [1.165, 1.54) is 24.6 Å². The van der Waals surface area contributed by atoms with Crippen molar-refractivity contribution in [2.24, 2.45) is 0 Å². The van der Waals surface area contributed by atoms with Gasteiger partial charge in [-0.25, -0.2) is 8.42 Å². The Kier molecular flexibility index (Phi) is 4.52. The molecule has 2 rings (SSSR count). The van der Waals surface area contributed by atoms with Crippen LogP contribution < -0.4 is 9.47 Å². The highest BCUT2D eigenvalue weighted by molar-refractivity contribution is 7.89. The standard InChI is InChI=1S/C13H19NO5S/c1-18-11-5-6-12(19-2)13(8-11)20(16,17)14-7-3-4-10(14)9-15/h5-6,8,10,15H,3-4,7,9H2,1-2H3/t10-/m1/s1. The Bertz CT molecular complexity index is 572. The average Bonchev–Trinajstić information content (AvgIpc) is 2.95. The Hall–Kier alpha value is -1.31. The lowest BCUT2D eigenvalue weighted by molar-refractivity contribution is 0.213. The first kappa shape index (κ1) is 15.1. The lowest BCUT2D eigenvalue weighted by atomic mass is 10.2.